The van der Waals surface area contributed by atoms with Crippen molar-refractivity contribution in [2.24, 2.45) is 16.7 Å². The van der Waals surface area contributed by atoms with E-state index in [9.17, 15) is 5.11 Å². The van der Waals surface area contributed by atoms with Crippen LogP contribution in [-0.4, -0.2) is 29.7 Å². The van der Waals surface area contributed by atoms with Crippen LogP contribution in [0.4, 0.5) is 0 Å². The Kier molecular flexibility index (Phi) is 3.37. The third kappa shape index (κ3) is 2.12. The first-order chi connectivity index (χ1) is 9.62. The van der Waals surface area contributed by atoms with Crippen LogP contribution in [0.3, 0.4) is 0 Å². The van der Waals surface area contributed by atoms with E-state index in [0.717, 1.165) is 12.8 Å². The van der Waals surface area contributed by atoms with Crippen LogP contribution in [0.2, 0.25) is 0 Å². The molecular formula is C18H30O3. The molecular weight excluding hydrogens is 264 g/mol. The van der Waals surface area contributed by atoms with E-state index >= 15 is 0 Å². The molecule has 0 aromatic heterocycles. The maximum atomic E-state index is 9.95. The van der Waals surface area contributed by atoms with Crippen molar-refractivity contribution in [3.8, 4) is 0 Å². The largest absolute Gasteiger partial charge is 0.392 e. The van der Waals surface area contributed by atoms with E-state index in [0.29, 0.717) is 5.92 Å². The Balaban J connectivity index is 2.05. The Morgan fingerprint density at radius 2 is 1.81 bits per heavy atom. The number of aliphatic hydroxyl groups is 1. The minimum Gasteiger partial charge on any atom is -0.392 e. The van der Waals surface area contributed by atoms with E-state index in [1.807, 2.05) is 13.8 Å². The van der Waals surface area contributed by atoms with Crippen molar-refractivity contribution in [1.82, 2.24) is 0 Å². The van der Waals surface area contributed by atoms with E-state index < -0.39 is 5.79 Å². The highest BCUT2D eigenvalue weighted by Gasteiger charge is 2.62. The molecule has 3 aliphatic rings. The van der Waals surface area contributed by atoms with Crippen LogP contribution in [0.1, 0.15) is 60.8 Å². The molecule has 1 saturated heterocycles. The van der Waals surface area contributed by atoms with Crippen molar-refractivity contribution in [3.05, 3.63) is 11.1 Å². The lowest BCUT2D eigenvalue weighted by Crippen LogP contribution is -2.57. The monoisotopic (exact) mass is 294 g/mol. The highest BCUT2D eigenvalue weighted by molar-refractivity contribution is 5.29. The summed E-state index contributed by atoms with van der Waals surface area (Å²) >= 11 is 0. The lowest BCUT2D eigenvalue weighted by Gasteiger charge is -2.57. The second-order valence-corrected chi connectivity index (χ2v) is 8.55. The molecule has 0 spiro atoms. The van der Waals surface area contributed by atoms with Crippen molar-refractivity contribution in [1.29, 1.82) is 0 Å². The molecule has 3 rings (SSSR count). The molecule has 120 valence electrons. The van der Waals surface area contributed by atoms with Crippen molar-refractivity contribution in [2.75, 3.05) is 6.61 Å². The molecule has 2 aliphatic carbocycles. The summed E-state index contributed by atoms with van der Waals surface area (Å²) in [6, 6.07) is 0. The fourth-order valence-corrected chi connectivity index (χ4v) is 5.53. The second-order valence-electron chi connectivity index (χ2n) is 8.55. The van der Waals surface area contributed by atoms with Gasteiger partial charge in [-0.05, 0) is 62.4 Å². The number of rotatable bonds is 1. The van der Waals surface area contributed by atoms with Gasteiger partial charge in [-0.15, -0.1) is 0 Å². The van der Waals surface area contributed by atoms with Gasteiger partial charge in [-0.1, -0.05) is 26.3 Å². The molecule has 3 nitrogen and oxygen atoms in total. The number of ether oxygens (including phenoxy) is 2. The summed E-state index contributed by atoms with van der Waals surface area (Å²) in [6.45, 7) is 13.4. The number of hydrogen-bond acceptors (Lipinski definition) is 3. The number of allylic oxidation sites excluding steroid dienone is 1. The third-order valence-corrected chi connectivity index (χ3v) is 6.38. The minimum atomic E-state index is -0.491. The lowest BCUT2D eigenvalue weighted by atomic mass is 9.49. The van der Waals surface area contributed by atoms with Crippen LogP contribution in [0.15, 0.2) is 11.1 Å². The van der Waals surface area contributed by atoms with Gasteiger partial charge in [0.05, 0.1) is 18.8 Å². The molecule has 3 heteroatoms. The first kappa shape index (κ1) is 15.5. The van der Waals surface area contributed by atoms with Gasteiger partial charge < -0.3 is 14.6 Å². The zero-order valence-corrected chi connectivity index (χ0v) is 14.3. The second kappa shape index (κ2) is 4.56. The van der Waals surface area contributed by atoms with Gasteiger partial charge in [0.25, 0.3) is 0 Å². The average Bonchev–Trinajstić information content (AvgIpc) is 2.63. The summed E-state index contributed by atoms with van der Waals surface area (Å²) in [5.41, 5.74) is 2.72. The Labute approximate surface area is 128 Å². The molecule has 1 N–H and O–H groups in total. The lowest BCUT2D eigenvalue weighted by molar-refractivity contribution is -0.158. The quantitative estimate of drug-likeness (QED) is 0.750. The van der Waals surface area contributed by atoms with E-state index in [1.165, 1.54) is 17.6 Å². The molecule has 4 atom stereocenters. The molecule has 21 heavy (non-hydrogen) atoms. The van der Waals surface area contributed by atoms with Crippen LogP contribution in [0.25, 0.3) is 0 Å². The predicted octanol–water partition coefficient (Wildman–Crippen LogP) is 3.66. The first-order valence-electron chi connectivity index (χ1n) is 8.27. The van der Waals surface area contributed by atoms with Gasteiger partial charge in [0.1, 0.15) is 0 Å². The van der Waals surface area contributed by atoms with Crippen LogP contribution in [-0.2, 0) is 9.47 Å². The zero-order valence-electron chi connectivity index (χ0n) is 14.3. The smallest absolute Gasteiger partial charge is 0.163 e. The van der Waals surface area contributed by atoms with Gasteiger partial charge in [-0.25, -0.2) is 0 Å². The molecule has 0 radical (unpaired) electrons. The Morgan fingerprint density at radius 1 is 1.14 bits per heavy atom. The van der Waals surface area contributed by atoms with Gasteiger partial charge in [0.2, 0.25) is 0 Å². The molecule has 0 bridgehead atoms. The molecule has 0 amide bonds. The SMILES string of the molecule is CC1=C(CO)C2(C)CC3OC(C)(C)OC3C(C)(C)C2CC1. The molecule has 1 saturated carbocycles. The number of aliphatic hydroxyl groups excluding tert-OH is 1. The van der Waals surface area contributed by atoms with Gasteiger partial charge in [-0.3, -0.25) is 0 Å². The predicted molar refractivity (Wildman–Crippen MR) is 82.8 cm³/mol. The average molecular weight is 294 g/mol. The van der Waals surface area contributed by atoms with Crippen molar-refractivity contribution >= 4 is 0 Å². The highest BCUT2D eigenvalue weighted by Crippen LogP contribution is 2.62. The number of fused-ring (bicyclic) bond motifs is 2. The summed E-state index contributed by atoms with van der Waals surface area (Å²) in [6.07, 6.45) is 3.53. The number of hydrogen-bond donors (Lipinski definition) is 1. The Morgan fingerprint density at radius 3 is 2.43 bits per heavy atom. The first-order valence-corrected chi connectivity index (χ1v) is 8.27. The van der Waals surface area contributed by atoms with E-state index in [-0.39, 0.29) is 29.6 Å². The van der Waals surface area contributed by atoms with E-state index in [2.05, 4.69) is 27.7 Å². The van der Waals surface area contributed by atoms with Gasteiger partial charge in [0.15, 0.2) is 5.79 Å². The van der Waals surface area contributed by atoms with Gasteiger partial charge in [0, 0.05) is 0 Å². The fourth-order valence-electron chi connectivity index (χ4n) is 5.53. The maximum absolute atomic E-state index is 9.95. The fraction of sp³-hybridized carbons (Fsp3) is 0.889. The van der Waals surface area contributed by atoms with E-state index in [4.69, 9.17) is 9.47 Å². The van der Waals surface area contributed by atoms with Crippen LogP contribution in [0, 0.1) is 16.7 Å². The van der Waals surface area contributed by atoms with Crippen LogP contribution < -0.4 is 0 Å². The summed E-state index contributed by atoms with van der Waals surface area (Å²) in [4.78, 5) is 0. The maximum Gasteiger partial charge on any atom is 0.163 e. The molecule has 2 fully saturated rings. The van der Waals surface area contributed by atoms with Crippen LogP contribution in [0.5, 0.6) is 0 Å². The van der Waals surface area contributed by atoms with Crippen molar-refractivity contribution < 1.29 is 14.6 Å². The Hall–Kier alpha value is -0.380. The molecule has 0 aromatic carbocycles. The normalized spacial score (nSPS) is 44.4. The third-order valence-electron chi connectivity index (χ3n) is 6.38. The molecule has 4 unspecified atom stereocenters. The molecule has 1 aliphatic heterocycles. The van der Waals surface area contributed by atoms with Crippen molar-refractivity contribution in [2.45, 2.75) is 78.8 Å². The molecule has 1 heterocycles. The minimum absolute atomic E-state index is 0.0333. The zero-order chi connectivity index (χ0) is 15.6. The van der Waals surface area contributed by atoms with Crippen molar-refractivity contribution in [3.63, 3.8) is 0 Å². The molecule has 0 aromatic rings. The van der Waals surface area contributed by atoms with Crippen LogP contribution >= 0.6 is 0 Å². The van der Waals surface area contributed by atoms with E-state index in [1.54, 1.807) is 0 Å². The van der Waals surface area contributed by atoms with Gasteiger partial charge in [-0.2, -0.15) is 0 Å². The standard InChI is InChI=1S/C18H30O3/c1-11-7-8-14-16(2,3)15-13(20-17(4,5)21-15)9-18(14,6)12(11)10-19/h13-15,19H,7-10H2,1-6H3. The Bertz CT molecular complexity index is 477. The summed E-state index contributed by atoms with van der Waals surface area (Å²) in [5.74, 6) is 0.0452. The topological polar surface area (TPSA) is 38.7 Å². The highest BCUT2D eigenvalue weighted by atomic mass is 16.8. The summed E-state index contributed by atoms with van der Waals surface area (Å²) in [7, 11) is 0. The van der Waals surface area contributed by atoms with Gasteiger partial charge >= 0.3 is 0 Å². The summed E-state index contributed by atoms with van der Waals surface area (Å²) in [5, 5.41) is 9.95. The summed E-state index contributed by atoms with van der Waals surface area (Å²) < 4.78 is 12.5.